The molecule has 10 heteroatoms. The minimum absolute atomic E-state index is 0.00814. The molecule has 0 unspecified atom stereocenters. The van der Waals surface area contributed by atoms with Crippen LogP contribution < -0.4 is 20.5 Å². The molecule has 0 atom stereocenters. The molecule has 33 heavy (non-hydrogen) atoms. The molecule has 170 valence electrons. The topological polar surface area (TPSA) is 130 Å². The van der Waals surface area contributed by atoms with Gasteiger partial charge in [0.25, 0.3) is 5.91 Å². The van der Waals surface area contributed by atoms with E-state index >= 15 is 0 Å². The number of carbonyl (C=O) groups excluding carboxylic acids is 1. The van der Waals surface area contributed by atoms with Crippen LogP contribution in [0.1, 0.15) is 28.9 Å². The normalized spacial score (nSPS) is 10.8. The lowest BCUT2D eigenvalue weighted by atomic mass is 10.2. The van der Waals surface area contributed by atoms with Crippen LogP contribution in [0.5, 0.6) is 11.5 Å². The van der Waals surface area contributed by atoms with Crippen LogP contribution in [0.15, 0.2) is 52.9 Å². The van der Waals surface area contributed by atoms with Crippen LogP contribution in [-0.4, -0.2) is 39.6 Å². The zero-order valence-electron chi connectivity index (χ0n) is 18.5. The fourth-order valence-electron chi connectivity index (χ4n) is 3.23. The van der Waals surface area contributed by atoms with E-state index in [4.69, 9.17) is 19.6 Å². The van der Waals surface area contributed by atoms with Gasteiger partial charge in [0.05, 0.1) is 25.9 Å². The van der Waals surface area contributed by atoms with Gasteiger partial charge in [-0.25, -0.2) is 9.67 Å². The number of oxazole rings is 1. The highest BCUT2D eigenvalue weighted by molar-refractivity contribution is 6.06. The van der Waals surface area contributed by atoms with Gasteiger partial charge in [-0.2, -0.15) is 0 Å². The quantitative estimate of drug-likeness (QED) is 0.419. The number of carbonyl (C=O) groups is 1. The number of rotatable bonds is 8. The van der Waals surface area contributed by atoms with Crippen molar-refractivity contribution >= 4 is 17.4 Å². The van der Waals surface area contributed by atoms with Crippen molar-refractivity contribution in [1.29, 1.82) is 0 Å². The molecule has 0 radical (unpaired) electrons. The Morgan fingerprint density at radius 1 is 1.18 bits per heavy atom. The predicted octanol–water partition coefficient (Wildman–Crippen LogP) is 3.53. The van der Waals surface area contributed by atoms with Crippen LogP contribution in [0.25, 0.3) is 11.5 Å². The van der Waals surface area contributed by atoms with Crippen molar-refractivity contribution in [3.8, 4) is 23.0 Å². The van der Waals surface area contributed by atoms with Crippen molar-refractivity contribution in [1.82, 2.24) is 20.0 Å². The van der Waals surface area contributed by atoms with E-state index in [1.807, 2.05) is 38.1 Å². The summed E-state index contributed by atoms with van der Waals surface area (Å²) in [5.41, 5.74) is 8.12. The third kappa shape index (κ3) is 4.64. The molecule has 4 rings (SSSR count). The molecular weight excluding hydrogens is 424 g/mol. The van der Waals surface area contributed by atoms with Crippen LogP contribution in [0, 0.1) is 6.92 Å². The van der Waals surface area contributed by atoms with E-state index in [2.05, 4.69) is 20.6 Å². The molecule has 0 saturated carbocycles. The van der Waals surface area contributed by atoms with E-state index in [-0.39, 0.29) is 18.1 Å². The van der Waals surface area contributed by atoms with Gasteiger partial charge in [-0.3, -0.25) is 4.79 Å². The maximum atomic E-state index is 12.7. The number of hydrogen-bond acceptors (Lipinski definition) is 8. The number of para-hydroxylation sites is 2. The maximum absolute atomic E-state index is 12.7. The molecule has 0 spiro atoms. The Kier molecular flexibility index (Phi) is 6.25. The van der Waals surface area contributed by atoms with Crippen LogP contribution in [0.2, 0.25) is 0 Å². The van der Waals surface area contributed by atoms with E-state index < -0.39 is 5.91 Å². The number of nitrogens with zero attached hydrogens (tertiary/aromatic N) is 4. The van der Waals surface area contributed by atoms with Crippen molar-refractivity contribution in [2.75, 3.05) is 24.8 Å². The average molecular weight is 448 g/mol. The average Bonchev–Trinajstić information content (AvgIpc) is 3.37. The second kappa shape index (κ2) is 9.43. The van der Waals surface area contributed by atoms with Crippen LogP contribution in [-0.2, 0) is 6.54 Å². The van der Waals surface area contributed by atoms with Crippen molar-refractivity contribution in [3.05, 3.63) is 65.7 Å². The molecule has 2 aromatic carbocycles. The fraction of sp³-hybridized carbons (Fsp3) is 0.217. The number of aryl methyl sites for hydroxylation is 1. The summed E-state index contributed by atoms with van der Waals surface area (Å²) in [5, 5.41) is 10.7. The van der Waals surface area contributed by atoms with E-state index in [0.717, 1.165) is 11.3 Å². The second-order valence-electron chi connectivity index (χ2n) is 7.11. The largest absolute Gasteiger partial charge is 0.495 e. The molecule has 0 aliphatic rings. The number of nitrogens with one attached hydrogen (secondary N) is 1. The molecule has 3 N–H and O–H groups in total. The Labute approximate surface area is 190 Å². The molecular formula is C23H24N6O4. The highest BCUT2D eigenvalue weighted by Gasteiger charge is 2.21. The SMILES string of the molecule is CCOc1ccc(-c2nc(Cn3nnc(C(=O)Nc4ccccc4OC)c3N)c(C)o2)cc1. The van der Waals surface area contributed by atoms with Crippen LogP contribution >= 0.6 is 0 Å². The zero-order valence-corrected chi connectivity index (χ0v) is 18.5. The van der Waals surface area contributed by atoms with Gasteiger partial charge in [0.2, 0.25) is 5.89 Å². The standard InChI is InChI=1S/C23H24N6O4/c1-4-32-16-11-9-15(10-12-16)23-26-18(14(2)33-23)13-29-21(24)20(27-28-29)22(30)25-17-7-5-6-8-19(17)31-3/h5-12H,4,13,24H2,1-3H3,(H,25,30). The molecule has 4 aromatic rings. The third-order valence-electron chi connectivity index (χ3n) is 4.95. The Morgan fingerprint density at radius 3 is 2.67 bits per heavy atom. The first-order valence-corrected chi connectivity index (χ1v) is 10.3. The number of aromatic nitrogens is 4. The summed E-state index contributed by atoms with van der Waals surface area (Å²) in [6.45, 7) is 4.54. The van der Waals surface area contributed by atoms with E-state index in [1.165, 1.54) is 11.8 Å². The molecule has 2 aromatic heterocycles. The number of amides is 1. The number of nitrogen functional groups attached to an aromatic ring is 1. The first-order valence-electron chi connectivity index (χ1n) is 10.3. The van der Waals surface area contributed by atoms with Crippen LogP contribution in [0.3, 0.4) is 0 Å². The van der Waals surface area contributed by atoms with Gasteiger partial charge in [-0.05, 0) is 50.2 Å². The van der Waals surface area contributed by atoms with Gasteiger partial charge in [-0.15, -0.1) is 5.10 Å². The van der Waals surface area contributed by atoms with Gasteiger partial charge in [-0.1, -0.05) is 17.3 Å². The Morgan fingerprint density at radius 2 is 1.94 bits per heavy atom. The van der Waals surface area contributed by atoms with Crippen molar-refractivity contribution < 1.29 is 18.7 Å². The Hall–Kier alpha value is -4.34. The lowest BCUT2D eigenvalue weighted by Gasteiger charge is -2.08. The molecule has 0 fully saturated rings. The smallest absolute Gasteiger partial charge is 0.280 e. The Balaban J connectivity index is 1.51. The summed E-state index contributed by atoms with van der Waals surface area (Å²) in [5.74, 6) is 2.02. The summed E-state index contributed by atoms with van der Waals surface area (Å²) < 4.78 is 18.0. The summed E-state index contributed by atoms with van der Waals surface area (Å²) >= 11 is 0. The minimum Gasteiger partial charge on any atom is -0.495 e. The summed E-state index contributed by atoms with van der Waals surface area (Å²) in [7, 11) is 1.53. The lowest BCUT2D eigenvalue weighted by molar-refractivity contribution is 0.102. The fourth-order valence-corrected chi connectivity index (χ4v) is 3.23. The van der Waals surface area contributed by atoms with E-state index in [1.54, 1.807) is 24.3 Å². The number of anilines is 2. The molecule has 10 nitrogen and oxygen atoms in total. The first-order chi connectivity index (χ1) is 16.0. The van der Waals surface area contributed by atoms with Crippen molar-refractivity contribution in [2.24, 2.45) is 0 Å². The van der Waals surface area contributed by atoms with Gasteiger partial charge in [0, 0.05) is 5.56 Å². The highest BCUT2D eigenvalue weighted by Crippen LogP contribution is 2.26. The number of ether oxygens (including phenoxy) is 2. The molecule has 0 bridgehead atoms. The molecule has 0 saturated heterocycles. The molecule has 2 heterocycles. The monoisotopic (exact) mass is 448 g/mol. The lowest BCUT2D eigenvalue weighted by Crippen LogP contribution is -2.16. The number of methoxy groups -OCH3 is 1. The van der Waals surface area contributed by atoms with E-state index in [0.29, 0.717) is 35.4 Å². The number of benzene rings is 2. The van der Waals surface area contributed by atoms with Crippen molar-refractivity contribution in [2.45, 2.75) is 20.4 Å². The summed E-state index contributed by atoms with van der Waals surface area (Å²) in [4.78, 5) is 17.3. The van der Waals surface area contributed by atoms with E-state index in [9.17, 15) is 4.79 Å². The van der Waals surface area contributed by atoms with Crippen molar-refractivity contribution in [3.63, 3.8) is 0 Å². The maximum Gasteiger partial charge on any atom is 0.280 e. The molecule has 1 amide bonds. The van der Waals surface area contributed by atoms with Crippen LogP contribution in [0.4, 0.5) is 11.5 Å². The zero-order chi connectivity index (χ0) is 23.4. The summed E-state index contributed by atoms with van der Waals surface area (Å²) in [6, 6.07) is 14.5. The minimum atomic E-state index is -0.491. The molecule has 0 aliphatic heterocycles. The third-order valence-corrected chi connectivity index (χ3v) is 4.95. The number of hydrogen-bond donors (Lipinski definition) is 2. The first kappa shape index (κ1) is 21.9. The summed E-state index contributed by atoms with van der Waals surface area (Å²) in [6.07, 6.45) is 0. The highest BCUT2D eigenvalue weighted by atomic mass is 16.5. The molecule has 0 aliphatic carbocycles. The van der Waals surface area contributed by atoms with Gasteiger partial charge < -0.3 is 24.9 Å². The van der Waals surface area contributed by atoms with Gasteiger partial charge in [0.15, 0.2) is 11.5 Å². The number of nitrogens with two attached hydrogens (primary N) is 1. The second-order valence-corrected chi connectivity index (χ2v) is 7.11. The van der Waals surface area contributed by atoms with Gasteiger partial charge >= 0.3 is 0 Å². The predicted molar refractivity (Wildman–Crippen MR) is 122 cm³/mol. The van der Waals surface area contributed by atoms with Gasteiger partial charge in [0.1, 0.15) is 23.0 Å². The Bertz CT molecular complexity index is 1260.